The van der Waals surface area contributed by atoms with Gasteiger partial charge in [-0.1, -0.05) is 0 Å². The van der Waals surface area contributed by atoms with E-state index in [1.165, 1.54) is 6.07 Å². The van der Waals surface area contributed by atoms with Crippen LogP contribution in [0.15, 0.2) is 17.2 Å². The van der Waals surface area contributed by atoms with Crippen LogP contribution >= 0.6 is 0 Å². The van der Waals surface area contributed by atoms with Crippen LogP contribution in [0.1, 0.15) is 5.69 Å². The Morgan fingerprint density at radius 2 is 1.90 bits per heavy atom. The number of nitriles is 1. The molecule has 0 saturated carbocycles. The summed E-state index contributed by atoms with van der Waals surface area (Å²) < 4.78 is 45.0. The number of sulfonamides is 1. The normalized spacial score (nSPS) is 11.8. The van der Waals surface area contributed by atoms with Crippen LogP contribution in [0, 0.1) is 21.4 Å². The second-order valence-electron chi connectivity index (χ2n) is 3.57. The minimum Gasteiger partial charge on any atom is -0.258 e. The van der Waals surface area contributed by atoms with Gasteiger partial charge >= 0.3 is 5.69 Å². The number of nitrogens with zero attached hydrogens (tertiary/aromatic N) is 3. The maximum Gasteiger partial charge on any atom is 0.305 e. The summed E-state index contributed by atoms with van der Waals surface area (Å²) >= 11 is 0. The third kappa shape index (κ3) is 3.95. The second-order valence-corrected chi connectivity index (χ2v) is 7.36. The zero-order chi connectivity index (χ0) is 15.6. The van der Waals surface area contributed by atoms with Crippen molar-refractivity contribution in [2.75, 3.05) is 11.5 Å². The number of nitrogens with two attached hydrogens (primary N) is 1. The van der Waals surface area contributed by atoms with E-state index in [0.717, 1.165) is 12.1 Å². The van der Waals surface area contributed by atoms with Gasteiger partial charge in [-0.15, -0.1) is 0 Å². The van der Waals surface area contributed by atoms with E-state index in [4.69, 9.17) is 5.26 Å². The molecule has 0 spiro atoms. The molecule has 108 valence electrons. The molecule has 0 saturated heterocycles. The Hall–Kier alpha value is -2.10. The molecule has 0 fully saturated rings. The minimum atomic E-state index is -4.11. The molecule has 0 radical (unpaired) electrons. The standard InChI is InChI=1S/C8H8N4O6S2/c9-5-6-7(12(13)14)1-2-8(11-6)19(15,16)3-4-20(10,17)18/h1-2H,3-4H2,(H2,10,17,18). The summed E-state index contributed by atoms with van der Waals surface area (Å²) in [4.78, 5) is 13.0. The van der Waals surface area contributed by atoms with Crippen molar-refractivity contribution in [3.8, 4) is 6.07 Å². The van der Waals surface area contributed by atoms with Crippen LogP contribution < -0.4 is 5.14 Å². The van der Waals surface area contributed by atoms with Gasteiger partial charge in [0.2, 0.25) is 15.7 Å². The lowest BCUT2D eigenvalue weighted by Gasteiger charge is -2.03. The first-order valence-electron chi connectivity index (χ1n) is 4.85. The smallest absolute Gasteiger partial charge is 0.258 e. The predicted molar refractivity (Wildman–Crippen MR) is 65.6 cm³/mol. The molecule has 2 N–H and O–H groups in total. The summed E-state index contributed by atoms with van der Waals surface area (Å²) in [5, 5.41) is 23.3. The first-order valence-corrected chi connectivity index (χ1v) is 8.22. The van der Waals surface area contributed by atoms with Gasteiger partial charge in [-0.05, 0) is 6.07 Å². The van der Waals surface area contributed by atoms with E-state index in [-0.39, 0.29) is 0 Å². The van der Waals surface area contributed by atoms with Crippen LogP contribution in [0.3, 0.4) is 0 Å². The number of nitro groups is 1. The van der Waals surface area contributed by atoms with Crippen LogP contribution in [-0.4, -0.2) is 38.2 Å². The highest BCUT2D eigenvalue weighted by molar-refractivity contribution is 7.94. The van der Waals surface area contributed by atoms with Crippen molar-refractivity contribution in [1.82, 2.24) is 4.98 Å². The maximum absolute atomic E-state index is 11.8. The zero-order valence-corrected chi connectivity index (χ0v) is 11.4. The summed E-state index contributed by atoms with van der Waals surface area (Å²) in [5.74, 6) is -1.66. The van der Waals surface area contributed by atoms with Crippen molar-refractivity contribution in [3.63, 3.8) is 0 Å². The highest BCUT2D eigenvalue weighted by Crippen LogP contribution is 2.18. The summed E-state index contributed by atoms with van der Waals surface area (Å²) in [6, 6.07) is 3.05. The van der Waals surface area contributed by atoms with Crippen LogP contribution in [0.4, 0.5) is 5.69 Å². The van der Waals surface area contributed by atoms with E-state index in [1.807, 2.05) is 0 Å². The molecule has 0 aliphatic heterocycles. The highest BCUT2D eigenvalue weighted by atomic mass is 32.2. The fraction of sp³-hybridized carbons (Fsp3) is 0.250. The Bertz CT molecular complexity index is 793. The topological polar surface area (TPSA) is 174 Å². The number of hydrogen-bond donors (Lipinski definition) is 1. The Balaban J connectivity index is 3.21. The SMILES string of the molecule is N#Cc1nc(S(=O)(=O)CCS(N)(=O)=O)ccc1[N+](=O)[O-]. The Morgan fingerprint density at radius 3 is 2.35 bits per heavy atom. The average Bonchev–Trinajstić information content (AvgIpc) is 2.34. The lowest BCUT2D eigenvalue weighted by molar-refractivity contribution is -0.385. The van der Waals surface area contributed by atoms with Gasteiger partial charge in [-0.3, -0.25) is 10.1 Å². The van der Waals surface area contributed by atoms with Crippen LogP contribution in [0.5, 0.6) is 0 Å². The van der Waals surface area contributed by atoms with Crippen molar-refractivity contribution in [3.05, 3.63) is 27.9 Å². The Kier molecular flexibility index (Phi) is 4.38. The lowest BCUT2D eigenvalue weighted by atomic mass is 10.3. The number of primary sulfonamides is 1. The molecule has 0 aliphatic rings. The van der Waals surface area contributed by atoms with Crippen molar-refractivity contribution in [1.29, 1.82) is 5.26 Å². The monoisotopic (exact) mass is 320 g/mol. The molecule has 0 aliphatic carbocycles. The quantitative estimate of drug-likeness (QED) is 0.526. The number of sulfone groups is 1. The van der Waals surface area contributed by atoms with E-state index in [2.05, 4.69) is 10.1 Å². The molecule has 12 heteroatoms. The van der Waals surface area contributed by atoms with Gasteiger partial charge in [0, 0.05) is 6.07 Å². The number of hydrogen-bond acceptors (Lipinski definition) is 8. The minimum absolute atomic E-state index is 0.622. The second kappa shape index (κ2) is 5.49. The molecule has 1 aromatic heterocycles. The van der Waals surface area contributed by atoms with Gasteiger partial charge in [0.1, 0.15) is 6.07 Å². The maximum atomic E-state index is 11.8. The summed E-state index contributed by atoms with van der Waals surface area (Å²) in [6.07, 6.45) is 0. The van der Waals surface area contributed by atoms with Crippen molar-refractivity contribution < 1.29 is 21.8 Å². The van der Waals surface area contributed by atoms with Crippen molar-refractivity contribution in [2.24, 2.45) is 5.14 Å². The Labute approximate surface area is 114 Å². The van der Waals surface area contributed by atoms with E-state index in [1.54, 1.807) is 0 Å². The molecular weight excluding hydrogens is 312 g/mol. The van der Waals surface area contributed by atoms with E-state index < -0.39 is 52.7 Å². The van der Waals surface area contributed by atoms with E-state index in [9.17, 15) is 26.9 Å². The lowest BCUT2D eigenvalue weighted by Crippen LogP contribution is -2.23. The van der Waals surface area contributed by atoms with Crippen molar-refractivity contribution >= 4 is 25.5 Å². The molecular formula is C8H8N4O6S2. The molecule has 0 bridgehead atoms. The molecule has 20 heavy (non-hydrogen) atoms. The zero-order valence-electron chi connectivity index (χ0n) is 9.75. The third-order valence-corrected chi connectivity index (χ3v) is 4.74. The van der Waals surface area contributed by atoms with Gasteiger partial charge in [-0.25, -0.2) is 27.0 Å². The summed E-state index contributed by atoms with van der Waals surface area (Å²) in [6.45, 7) is 0. The summed E-state index contributed by atoms with van der Waals surface area (Å²) in [7, 11) is -8.10. The molecule has 10 nitrogen and oxygen atoms in total. The molecule has 0 aromatic carbocycles. The van der Waals surface area contributed by atoms with Crippen molar-refractivity contribution in [2.45, 2.75) is 5.03 Å². The summed E-state index contributed by atoms with van der Waals surface area (Å²) in [5.41, 5.74) is -1.32. The number of aromatic nitrogens is 1. The van der Waals surface area contributed by atoms with Crippen LogP contribution in [0.25, 0.3) is 0 Å². The van der Waals surface area contributed by atoms with Gasteiger partial charge in [-0.2, -0.15) is 5.26 Å². The molecule has 1 aromatic rings. The van der Waals surface area contributed by atoms with Gasteiger partial charge < -0.3 is 0 Å². The fourth-order valence-electron chi connectivity index (χ4n) is 1.17. The first-order chi connectivity index (χ1) is 9.07. The van der Waals surface area contributed by atoms with Gasteiger partial charge in [0.25, 0.3) is 0 Å². The first kappa shape index (κ1) is 16.0. The van der Waals surface area contributed by atoms with Gasteiger partial charge in [0.15, 0.2) is 14.9 Å². The third-order valence-electron chi connectivity index (χ3n) is 2.11. The highest BCUT2D eigenvalue weighted by Gasteiger charge is 2.23. The average molecular weight is 320 g/mol. The van der Waals surface area contributed by atoms with Crippen LogP contribution in [-0.2, 0) is 19.9 Å². The Morgan fingerprint density at radius 1 is 1.30 bits per heavy atom. The predicted octanol–water partition coefficient (Wildman–Crippen LogP) is -1.08. The molecule has 0 amide bonds. The molecule has 0 atom stereocenters. The largest absolute Gasteiger partial charge is 0.305 e. The fourth-order valence-corrected chi connectivity index (χ4v) is 3.69. The van der Waals surface area contributed by atoms with Gasteiger partial charge in [0.05, 0.1) is 16.4 Å². The van der Waals surface area contributed by atoms with E-state index >= 15 is 0 Å². The molecule has 1 heterocycles. The van der Waals surface area contributed by atoms with E-state index in [0.29, 0.717) is 0 Å². The number of rotatable bonds is 5. The van der Waals surface area contributed by atoms with Crippen LogP contribution in [0.2, 0.25) is 0 Å². The molecule has 1 rings (SSSR count). The molecule has 0 unspecified atom stereocenters. The number of pyridine rings is 1.